The van der Waals surface area contributed by atoms with E-state index in [4.69, 9.17) is 4.42 Å². The van der Waals surface area contributed by atoms with Crippen molar-refractivity contribution in [2.45, 2.75) is 19.5 Å². The number of benzene rings is 1. The summed E-state index contributed by atoms with van der Waals surface area (Å²) in [4.78, 5) is 19.0. The Morgan fingerprint density at radius 1 is 1.09 bits per heavy atom. The zero-order chi connectivity index (χ0) is 16.1. The van der Waals surface area contributed by atoms with Crippen LogP contribution in [-0.2, 0) is 6.54 Å². The van der Waals surface area contributed by atoms with Gasteiger partial charge in [0.05, 0.1) is 18.0 Å². The first-order valence-corrected chi connectivity index (χ1v) is 7.55. The first kappa shape index (κ1) is 15.0. The normalized spacial score (nSPS) is 11.9. The average Bonchev–Trinajstić information content (AvgIpc) is 3.15. The predicted octanol–water partition coefficient (Wildman–Crippen LogP) is 4.08. The van der Waals surface area contributed by atoms with Crippen LogP contribution in [0.15, 0.2) is 77.5 Å². The molecular formula is C19H18N2O2. The van der Waals surface area contributed by atoms with Crippen LogP contribution in [0.3, 0.4) is 0 Å². The monoisotopic (exact) mass is 306 g/mol. The Morgan fingerprint density at radius 3 is 2.52 bits per heavy atom. The van der Waals surface area contributed by atoms with Gasteiger partial charge in [-0.3, -0.25) is 9.78 Å². The minimum atomic E-state index is -0.158. The van der Waals surface area contributed by atoms with E-state index in [0.717, 1.165) is 11.3 Å². The maximum Gasteiger partial charge on any atom is 0.290 e. The van der Waals surface area contributed by atoms with Gasteiger partial charge in [-0.25, -0.2) is 0 Å². The first-order valence-electron chi connectivity index (χ1n) is 7.55. The number of carbonyl (C=O) groups is 1. The van der Waals surface area contributed by atoms with E-state index in [1.54, 1.807) is 23.2 Å². The highest BCUT2D eigenvalue weighted by Crippen LogP contribution is 2.23. The molecule has 1 atom stereocenters. The van der Waals surface area contributed by atoms with E-state index in [1.807, 2.05) is 55.5 Å². The lowest BCUT2D eigenvalue weighted by molar-refractivity contribution is 0.0637. The van der Waals surface area contributed by atoms with Crippen molar-refractivity contribution in [3.05, 3.63) is 90.1 Å². The summed E-state index contributed by atoms with van der Waals surface area (Å²) in [7, 11) is 0. The smallest absolute Gasteiger partial charge is 0.290 e. The van der Waals surface area contributed by atoms with E-state index in [9.17, 15) is 4.79 Å². The molecule has 23 heavy (non-hydrogen) atoms. The summed E-state index contributed by atoms with van der Waals surface area (Å²) in [6, 6.07) is 18.9. The van der Waals surface area contributed by atoms with Crippen LogP contribution in [-0.4, -0.2) is 15.8 Å². The largest absolute Gasteiger partial charge is 0.459 e. The number of aromatic nitrogens is 1. The second-order valence-electron chi connectivity index (χ2n) is 5.33. The van der Waals surface area contributed by atoms with Crippen LogP contribution in [0, 0.1) is 0 Å². The number of pyridine rings is 1. The van der Waals surface area contributed by atoms with E-state index in [-0.39, 0.29) is 11.9 Å². The molecule has 0 N–H and O–H groups in total. The van der Waals surface area contributed by atoms with Gasteiger partial charge in [-0.15, -0.1) is 0 Å². The Morgan fingerprint density at radius 2 is 1.87 bits per heavy atom. The topological polar surface area (TPSA) is 46.3 Å². The number of rotatable bonds is 5. The van der Waals surface area contributed by atoms with Crippen LogP contribution in [0.2, 0.25) is 0 Å². The Kier molecular flexibility index (Phi) is 4.52. The fourth-order valence-electron chi connectivity index (χ4n) is 2.49. The summed E-state index contributed by atoms with van der Waals surface area (Å²) in [6.45, 7) is 2.48. The molecule has 0 radical (unpaired) electrons. The molecule has 0 saturated carbocycles. The molecule has 3 rings (SSSR count). The highest BCUT2D eigenvalue weighted by atomic mass is 16.3. The van der Waals surface area contributed by atoms with Crippen molar-refractivity contribution < 1.29 is 9.21 Å². The zero-order valence-corrected chi connectivity index (χ0v) is 12.9. The highest BCUT2D eigenvalue weighted by molar-refractivity contribution is 5.91. The minimum Gasteiger partial charge on any atom is -0.459 e. The van der Waals surface area contributed by atoms with Crippen molar-refractivity contribution >= 4 is 5.91 Å². The van der Waals surface area contributed by atoms with Gasteiger partial charge in [0.1, 0.15) is 0 Å². The molecule has 0 aliphatic carbocycles. The summed E-state index contributed by atoms with van der Waals surface area (Å²) in [5.74, 6) is 0.195. The maximum atomic E-state index is 12.8. The van der Waals surface area contributed by atoms with Crippen LogP contribution in [0.5, 0.6) is 0 Å². The molecule has 1 amide bonds. The molecule has 1 aromatic carbocycles. The molecule has 0 aliphatic rings. The summed E-state index contributed by atoms with van der Waals surface area (Å²) >= 11 is 0. The predicted molar refractivity (Wildman–Crippen MR) is 87.7 cm³/mol. The lowest BCUT2D eigenvalue weighted by atomic mass is 10.1. The van der Waals surface area contributed by atoms with E-state index < -0.39 is 0 Å². The summed E-state index contributed by atoms with van der Waals surface area (Å²) < 4.78 is 5.29. The molecular weight excluding hydrogens is 288 g/mol. The maximum absolute atomic E-state index is 12.8. The highest BCUT2D eigenvalue weighted by Gasteiger charge is 2.25. The molecule has 4 heteroatoms. The SMILES string of the molecule is C[C@H](c1ccccn1)N(Cc1ccccc1)C(=O)c1ccco1. The summed E-state index contributed by atoms with van der Waals surface area (Å²) in [5, 5.41) is 0. The molecule has 0 unspecified atom stereocenters. The Balaban J connectivity index is 1.91. The van der Waals surface area contributed by atoms with Crippen LogP contribution >= 0.6 is 0 Å². The fourth-order valence-corrected chi connectivity index (χ4v) is 2.49. The first-order chi connectivity index (χ1) is 11.3. The quantitative estimate of drug-likeness (QED) is 0.713. The lowest BCUT2D eigenvalue weighted by Gasteiger charge is -2.28. The van der Waals surface area contributed by atoms with Crippen LogP contribution in [0.4, 0.5) is 0 Å². The Bertz CT molecular complexity index is 740. The molecule has 2 heterocycles. The standard InChI is InChI=1S/C19H18N2O2/c1-15(17-10-5-6-12-20-17)21(14-16-8-3-2-4-9-16)19(22)18-11-7-13-23-18/h2-13,15H,14H2,1H3/t15-/m1/s1. The van der Waals surface area contributed by atoms with Crippen molar-refractivity contribution in [3.63, 3.8) is 0 Å². The van der Waals surface area contributed by atoms with Gasteiger partial charge in [-0.2, -0.15) is 0 Å². The Labute approximate surface area is 135 Å². The van der Waals surface area contributed by atoms with Crippen molar-refractivity contribution in [1.82, 2.24) is 9.88 Å². The minimum absolute atomic E-state index is 0.142. The number of hydrogen-bond donors (Lipinski definition) is 0. The van der Waals surface area contributed by atoms with Gasteiger partial charge in [-0.1, -0.05) is 36.4 Å². The van der Waals surface area contributed by atoms with Gasteiger partial charge in [-0.05, 0) is 36.8 Å². The molecule has 0 saturated heterocycles. The number of nitrogens with zero attached hydrogens (tertiary/aromatic N) is 2. The number of carbonyl (C=O) groups excluding carboxylic acids is 1. The van der Waals surface area contributed by atoms with Gasteiger partial charge >= 0.3 is 0 Å². The van der Waals surface area contributed by atoms with Gasteiger partial charge in [0, 0.05) is 12.7 Å². The van der Waals surface area contributed by atoms with E-state index in [2.05, 4.69) is 4.98 Å². The molecule has 2 aromatic heterocycles. The third-order valence-corrected chi connectivity index (χ3v) is 3.77. The lowest BCUT2D eigenvalue weighted by Crippen LogP contribution is -2.33. The number of amides is 1. The average molecular weight is 306 g/mol. The van der Waals surface area contributed by atoms with E-state index in [0.29, 0.717) is 12.3 Å². The molecule has 0 fully saturated rings. The van der Waals surface area contributed by atoms with Gasteiger partial charge in [0.2, 0.25) is 0 Å². The van der Waals surface area contributed by atoms with Crippen molar-refractivity contribution in [1.29, 1.82) is 0 Å². The van der Waals surface area contributed by atoms with E-state index >= 15 is 0 Å². The second kappa shape index (κ2) is 6.92. The third kappa shape index (κ3) is 3.48. The van der Waals surface area contributed by atoms with Crippen molar-refractivity contribution in [2.75, 3.05) is 0 Å². The van der Waals surface area contributed by atoms with Crippen LogP contribution in [0.1, 0.15) is 34.8 Å². The molecule has 3 aromatic rings. The second-order valence-corrected chi connectivity index (χ2v) is 5.33. The summed E-state index contributed by atoms with van der Waals surface area (Å²) in [6.07, 6.45) is 3.25. The molecule has 0 bridgehead atoms. The fraction of sp³-hybridized carbons (Fsp3) is 0.158. The van der Waals surface area contributed by atoms with Crippen molar-refractivity contribution in [2.24, 2.45) is 0 Å². The summed E-state index contributed by atoms with van der Waals surface area (Å²) in [5.41, 5.74) is 1.92. The molecule has 4 nitrogen and oxygen atoms in total. The molecule has 0 aliphatic heterocycles. The zero-order valence-electron chi connectivity index (χ0n) is 12.9. The number of hydrogen-bond acceptors (Lipinski definition) is 3. The molecule has 0 spiro atoms. The molecule has 116 valence electrons. The van der Waals surface area contributed by atoms with Crippen LogP contribution in [0.25, 0.3) is 0 Å². The Hall–Kier alpha value is -2.88. The third-order valence-electron chi connectivity index (χ3n) is 3.77. The number of furan rings is 1. The van der Waals surface area contributed by atoms with Gasteiger partial charge in [0.25, 0.3) is 5.91 Å². The van der Waals surface area contributed by atoms with E-state index in [1.165, 1.54) is 6.26 Å². The van der Waals surface area contributed by atoms with Crippen LogP contribution < -0.4 is 0 Å². The van der Waals surface area contributed by atoms with Gasteiger partial charge in [0.15, 0.2) is 5.76 Å². The van der Waals surface area contributed by atoms with Gasteiger partial charge < -0.3 is 9.32 Å². The van der Waals surface area contributed by atoms with Crippen molar-refractivity contribution in [3.8, 4) is 0 Å².